The van der Waals surface area contributed by atoms with E-state index in [9.17, 15) is 4.79 Å². The van der Waals surface area contributed by atoms with Crippen molar-refractivity contribution in [3.05, 3.63) is 28.0 Å². The van der Waals surface area contributed by atoms with E-state index in [-0.39, 0.29) is 12.7 Å². The highest BCUT2D eigenvalue weighted by atomic mass is 127. The van der Waals surface area contributed by atoms with E-state index in [2.05, 4.69) is 32.6 Å². The number of imidazole rings is 1. The molecular formula is C17H16IN5O3S. The fourth-order valence-corrected chi connectivity index (χ4v) is 4.56. The minimum atomic E-state index is -0.319. The van der Waals surface area contributed by atoms with Gasteiger partial charge in [0.05, 0.1) is 5.52 Å². The number of aromatic nitrogens is 3. The van der Waals surface area contributed by atoms with E-state index < -0.39 is 0 Å². The average molecular weight is 497 g/mol. The number of rotatable bonds is 6. The number of hydrogen-bond donors (Lipinski definition) is 2. The molecule has 3 aromatic rings. The van der Waals surface area contributed by atoms with E-state index >= 15 is 0 Å². The van der Waals surface area contributed by atoms with E-state index in [1.165, 1.54) is 11.8 Å². The number of fused-ring (bicyclic) bond motifs is 2. The molecule has 1 aliphatic rings. The van der Waals surface area contributed by atoms with Crippen LogP contribution in [0.1, 0.15) is 12.8 Å². The molecule has 1 amide bonds. The molecule has 0 atom stereocenters. The molecule has 0 saturated carbocycles. The predicted molar refractivity (Wildman–Crippen MR) is 110 cm³/mol. The third-order valence-electron chi connectivity index (χ3n) is 4.09. The lowest BCUT2D eigenvalue weighted by Crippen LogP contribution is -2.11. The number of ether oxygens (including phenoxy) is 2. The number of primary amides is 1. The molecule has 27 heavy (non-hydrogen) atoms. The first-order chi connectivity index (χ1) is 13.0. The molecule has 140 valence electrons. The normalized spacial score (nSPS) is 12.6. The van der Waals surface area contributed by atoms with Gasteiger partial charge in [0.15, 0.2) is 22.5 Å². The van der Waals surface area contributed by atoms with E-state index in [1.54, 1.807) is 6.20 Å². The smallest absolute Gasteiger partial charge is 0.231 e. The third-order valence-corrected chi connectivity index (χ3v) is 6.40. The zero-order valence-electron chi connectivity index (χ0n) is 14.1. The maximum atomic E-state index is 11.1. The maximum Gasteiger partial charge on any atom is 0.231 e. The van der Waals surface area contributed by atoms with Crippen LogP contribution in [-0.2, 0) is 11.3 Å². The number of carbonyl (C=O) groups is 1. The summed E-state index contributed by atoms with van der Waals surface area (Å²) in [6.07, 6.45) is 2.59. The van der Waals surface area contributed by atoms with Gasteiger partial charge in [0.2, 0.25) is 12.7 Å². The topological polar surface area (TPSA) is 118 Å². The lowest BCUT2D eigenvalue weighted by Gasteiger charge is -2.10. The SMILES string of the molecule is NC(=O)CCCn1c(Sc2cc3c(cc2I)OCO3)nc2c(N)nccc21. The van der Waals surface area contributed by atoms with Crippen LogP contribution in [0.25, 0.3) is 11.0 Å². The van der Waals surface area contributed by atoms with Gasteiger partial charge in [-0.05, 0) is 47.2 Å². The van der Waals surface area contributed by atoms with Crippen molar-refractivity contribution in [3.63, 3.8) is 0 Å². The summed E-state index contributed by atoms with van der Waals surface area (Å²) in [6, 6.07) is 5.77. The minimum absolute atomic E-state index is 0.230. The van der Waals surface area contributed by atoms with Crippen molar-refractivity contribution in [2.75, 3.05) is 12.5 Å². The molecule has 1 aliphatic heterocycles. The fraction of sp³-hybridized carbons (Fsp3) is 0.235. The van der Waals surface area contributed by atoms with Gasteiger partial charge >= 0.3 is 0 Å². The van der Waals surface area contributed by atoms with Crippen molar-refractivity contribution in [3.8, 4) is 11.5 Å². The number of nitrogen functional groups attached to an aromatic ring is 1. The van der Waals surface area contributed by atoms with Gasteiger partial charge in [-0.1, -0.05) is 11.8 Å². The number of carbonyl (C=O) groups excluding carboxylic acids is 1. The minimum Gasteiger partial charge on any atom is -0.454 e. The van der Waals surface area contributed by atoms with Crippen LogP contribution in [0.3, 0.4) is 0 Å². The van der Waals surface area contributed by atoms with E-state index in [4.69, 9.17) is 20.9 Å². The number of amides is 1. The van der Waals surface area contributed by atoms with Crippen molar-refractivity contribution < 1.29 is 14.3 Å². The Balaban J connectivity index is 1.72. The molecule has 0 radical (unpaired) electrons. The van der Waals surface area contributed by atoms with Gasteiger partial charge in [0, 0.05) is 27.6 Å². The lowest BCUT2D eigenvalue weighted by molar-refractivity contribution is -0.118. The number of nitrogens with two attached hydrogens (primary N) is 2. The molecule has 4 N–H and O–H groups in total. The molecule has 0 fully saturated rings. The highest BCUT2D eigenvalue weighted by Crippen LogP contribution is 2.41. The summed E-state index contributed by atoms with van der Waals surface area (Å²) in [5.74, 6) is 1.52. The fourth-order valence-electron chi connectivity index (χ4n) is 2.83. The van der Waals surface area contributed by atoms with Gasteiger partial charge in [-0.25, -0.2) is 9.97 Å². The molecule has 8 nitrogen and oxygen atoms in total. The van der Waals surface area contributed by atoms with Crippen LogP contribution in [-0.4, -0.2) is 27.2 Å². The van der Waals surface area contributed by atoms with Crippen molar-refractivity contribution in [2.45, 2.75) is 29.4 Å². The number of anilines is 1. The summed E-state index contributed by atoms with van der Waals surface area (Å²) in [4.78, 5) is 20.9. The third kappa shape index (κ3) is 3.63. The Morgan fingerprint density at radius 2 is 2.11 bits per heavy atom. The molecule has 3 heterocycles. The van der Waals surface area contributed by atoms with Gasteiger partial charge in [-0.2, -0.15) is 0 Å². The lowest BCUT2D eigenvalue weighted by atomic mass is 10.3. The Bertz CT molecular complexity index is 1040. The first-order valence-electron chi connectivity index (χ1n) is 8.19. The first kappa shape index (κ1) is 18.2. The van der Waals surface area contributed by atoms with Crippen LogP contribution in [0.5, 0.6) is 11.5 Å². The molecule has 10 heteroatoms. The summed E-state index contributed by atoms with van der Waals surface area (Å²) in [5, 5.41) is 0.769. The van der Waals surface area contributed by atoms with Gasteiger partial charge in [0.25, 0.3) is 0 Å². The molecule has 0 bridgehead atoms. The monoisotopic (exact) mass is 497 g/mol. The molecular weight excluding hydrogens is 481 g/mol. The van der Waals surface area contributed by atoms with Gasteiger partial charge in [-0.3, -0.25) is 4.79 Å². The second-order valence-corrected chi connectivity index (χ2v) is 8.09. The molecule has 0 unspecified atom stereocenters. The number of nitrogens with zero attached hydrogens (tertiary/aromatic N) is 3. The summed E-state index contributed by atoms with van der Waals surface area (Å²) < 4.78 is 14.0. The van der Waals surface area contributed by atoms with Crippen LogP contribution in [0.4, 0.5) is 5.82 Å². The van der Waals surface area contributed by atoms with E-state index in [1.807, 2.05) is 22.8 Å². The molecule has 0 saturated heterocycles. The van der Waals surface area contributed by atoms with Crippen LogP contribution in [0, 0.1) is 3.57 Å². The van der Waals surface area contributed by atoms with E-state index in [0.29, 0.717) is 30.7 Å². The number of hydrogen-bond acceptors (Lipinski definition) is 7. The Morgan fingerprint density at radius 1 is 1.33 bits per heavy atom. The van der Waals surface area contributed by atoms with Crippen molar-refractivity contribution >= 4 is 57.1 Å². The highest BCUT2D eigenvalue weighted by Gasteiger charge is 2.20. The summed E-state index contributed by atoms with van der Waals surface area (Å²) >= 11 is 3.77. The van der Waals surface area contributed by atoms with Gasteiger partial charge in [-0.15, -0.1) is 0 Å². The van der Waals surface area contributed by atoms with E-state index in [0.717, 1.165) is 30.6 Å². The maximum absolute atomic E-state index is 11.1. The molecule has 1 aromatic carbocycles. The second-order valence-electron chi connectivity index (χ2n) is 5.92. The van der Waals surface area contributed by atoms with Crippen molar-refractivity contribution in [1.29, 1.82) is 0 Å². The summed E-state index contributed by atoms with van der Waals surface area (Å²) in [7, 11) is 0. The standard InChI is InChI=1S/C17H16IN5O3S/c18-9-6-11-12(26-8-25-11)7-13(9)27-17-22-15-10(3-4-21-16(15)20)23(17)5-1-2-14(19)24/h3-4,6-7H,1-2,5,8H2,(H2,19,24)(H2,20,21). The van der Waals surface area contributed by atoms with Gasteiger partial charge in [0.1, 0.15) is 5.52 Å². The predicted octanol–water partition coefficient (Wildman–Crippen LogP) is 2.76. The first-order valence-corrected chi connectivity index (χ1v) is 10.1. The zero-order chi connectivity index (χ0) is 19.0. The Morgan fingerprint density at radius 3 is 2.89 bits per heavy atom. The molecule has 4 rings (SSSR count). The Kier molecular flexibility index (Phi) is 5.00. The molecule has 0 spiro atoms. The number of halogens is 1. The van der Waals surface area contributed by atoms with Crippen molar-refractivity contribution in [1.82, 2.24) is 14.5 Å². The average Bonchev–Trinajstić information content (AvgIpc) is 3.21. The number of benzene rings is 1. The van der Waals surface area contributed by atoms with Crippen LogP contribution in [0.2, 0.25) is 0 Å². The number of pyridine rings is 1. The summed E-state index contributed by atoms with van der Waals surface area (Å²) in [6.45, 7) is 0.833. The van der Waals surface area contributed by atoms with Gasteiger partial charge < -0.3 is 25.5 Å². The summed E-state index contributed by atoms with van der Waals surface area (Å²) in [5.41, 5.74) is 12.8. The van der Waals surface area contributed by atoms with Crippen molar-refractivity contribution in [2.24, 2.45) is 5.73 Å². The van der Waals surface area contributed by atoms with Crippen LogP contribution >= 0.6 is 34.4 Å². The Hall–Kier alpha value is -2.21. The van der Waals surface area contributed by atoms with Crippen LogP contribution in [0.15, 0.2) is 34.4 Å². The van der Waals surface area contributed by atoms with Crippen LogP contribution < -0.4 is 20.9 Å². The zero-order valence-corrected chi connectivity index (χ0v) is 17.1. The quantitative estimate of drug-likeness (QED) is 0.503. The number of aryl methyl sites for hydroxylation is 1. The molecule has 0 aliphatic carbocycles. The molecule has 2 aromatic heterocycles. The second kappa shape index (κ2) is 7.43. The Labute approximate surface area is 172 Å². The highest BCUT2D eigenvalue weighted by molar-refractivity contribution is 14.1. The largest absolute Gasteiger partial charge is 0.454 e.